The maximum atomic E-state index is 11.5. The molecule has 104 valence electrons. The van der Waals surface area contributed by atoms with Crippen LogP contribution in [0.4, 0.5) is 0 Å². The van der Waals surface area contributed by atoms with Gasteiger partial charge in [-0.15, -0.1) is 0 Å². The molecule has 0 aromatic heterocycles. The fourth-order valence-electron chi connectivity index (χ4n) is 1.52. The summed E-state index contributed by atoms with van der Waals surface area (Å²) < 4.78 is 0. The van der Waals surface area contributed by atoms with Crippen molar-refractivity contribution in [2.75, 3.05) is 0 Å². The highest BCUT2D eigenvalue weighted by Crippen LogP contribution is 2.09. The summed E-state index contributed by atoms with van der Waals surface area (Å²) in [6.45, 7) is 5.25. The average Bonchev–Trinajstić information content (AvgIpc) is 2.28. The second-order valence-corrected chi connectivity index (χ2v) is 4.16. The number of aliphatic carboxylic acids is 1. The minimum atomic E-state index is -1.70. The Labute approximate surface area is 107 Å². The highest BCUT2D eigenvalue weighted by atomic mass is 16.4. The summed E-state index contributed by atoms with van der Waals surface area (Å²) in [5, 5.41) is 14.0. The second-order valence-electron chi connectivity index (χ2n) is 4.16. The van der Waals surface area contributed by atoms with Crippen molar-refractivity contribution in [3.05, 3.63) is 0 Å². The summed E-state index contributed by atoms with van der Waals surface area (Å²) in [6.07, 6.45) is 1.80. The molecule has 0 rings (SSSR count). The lowest BCUT2D eigenvalue weighted by Crippen LogP contribution is -2.65. The van der Waals surface area contributed by atoms with Crippen LogP contribution in [0.15, 0.2) is 0 Å². The number of carbonyl (C=O) groups excluding carboxylic acids is 2. The summed E-state index contributed by atoms with van der Waals surface area (Å²) in [6, 6.07) is 0. The number of carboxylic acid groups (broad SMARTS) is 1. The Balaban J connectivity index is 4.87. The van der Waals surface area contributed by atoms with Crippen LogP contribution in [-0.4, -0.2) is 28.6 Å². The molecule has 0 atom stereocenters. The van der Waals surface area contributed by atoms with Crippen molar-refractivity contribution in [1.29, 1.82) is 0 Å². The maximum Gasteiger partial charge on any atom is 0.350 e. The van der Waals surface area contributed by atoms with Crippen molar-refractivity contribution in [3.63, 3.8) is 0 Å². The van der Waals surface area contributed by atoms with E-state index in [0.717, 1.165) is 0 Å². The first-order chi connectivity index (χ1) is 8.41. The third-order valence-electron chi connectivity index (χ3n) is 2.56. The molecule has 0 saturated heterocycles. The molecule has 2 amide bonds. The number of hydrogen-bond donors (Lipinski definition) is 3. The molecule has 0 saturated carbocycles. The Morgan fingerprint density at radius 3 is 1.56 bits per heavy atom. The van der Waals surface area contributed by atoms with Gasteiger partial charge in [0, 0.05) is 12.8 Å². The van der Waals surface area contributed by atoms with Gasteiger partial charge in [0.2, 0.25) is 17.5 Å². The van der Waals surface area contributed by atoms with Crippen molar-refractivity contribution in [2.45, 2.75) is 58.5 Å². The SMILES string of the molecule is CCCC(=O)NC(CC)(NC(=O)CCC)C(=O)O. The third kappa shape index (κ3) is 4.73. The highest BCUT2D eigenvalue weighted by Gasteiger charge is 2.39. The van der Waals surface area contributed by atoms with E-state index >= 15 is 0 Å². The van der Waals surface area contributed by atoms with Crippen LogP contribution in [0.5, 0.6) is 0 Å². The van der Waals surface area contributed by atoms with E-state index < -0.39 is 11.6 Å². The van der Waals surface area contributed by atoms with Crippen LogP contribution in [0, 0.1) is 0 Å². The number of carbonyl (C=O) groups is 3. The van der Waals surface area contributed by atoms with Crippen LogP contribution >= 0.6 is 0 Å². The van der Waals surface area contributed by atoms with Gasteiger partial charge in [0.25, 0.3) is 0 Å². The van der Waals surface area contributed by atoms with Crippen LogP contribution in [-0.2, 0) is 14.4 Å². The predicted octanol–water partition coefficient (Wildman–Crippen LogP) is 1.01. The van der Waals surface area contributed by atoms with E-state index in [1.54, 1.807) is 6.92 Å². The van der Waals surface area contributed by atoms with Crippen molar-refractivity contribution in [2.24, 2.45) is 0 Å². The van der Waals surface area contributed by atoms with E-state index in [9.17, 15) is 19.5 Å². The summed E-state index contributed by atoms with van der Waals surface area (Å²) in [4.78, 5) is 34.4. The number of carboxylic acids is 1. The van der Waals surface area contributed by atoms with Crippen LogP contribution < -0.4 is 10.6 Å². The van der Waals surface area contributed by atoms with Gasteiger partial charge in [-0.05, 0) is 19.3 Å². The molecule has 0 heterocycles. The standard InChI is InChI=1S/C12H22N2O4/c1-4-7-9(15)13-12(6-3,11(17)18)14-10(16)8-5-2/h4-8H2,1-3H3,(H,13,15)(H,14,16)(H,17,18). The third-order valence-corrected chi connectivity index (χ3v) is 2.56. The van der Waals surface area contributed by atoms with Crippen molar-refractivity contribution < 1.29 is 19.5 Å². The van der Waals surface area contributed by atoms with Gasteiger partial charge in [-0.2, -0.15) is 0 Å². The number of hydrogen-bond acceptors (Lipinski definition) is 3. The largest absolute Gasteiger partial charge is 0.478 e. The van der Waals surface area contributed by atoms with E-state index in [4.69, 9.17) is 0 Å². The molecule has 6 heteroatoms. The van der Waals surface area contributed by atoms with Gasteiger partial charge in [-0.25, -0.2) is 4.79 Å². The Bertz CT molecular complexity index is 295. The van der Waals surface area contributed by atoms with Gasteiger partial charge in [0.05, 0.1) is 0 Å². The molecule has 0 radical (unpaired) electrons. The zero-order chi connectivity index (χ0) is 14.2. The average molecular weight is 258 g/mol. The van der Waals surface area contributed by atoms with Gasteiger partial charge in [0.15, 0.2) is 0 Å². The first-order valence-electron chi connectivity index (χ1n) is 6.27. The van der Waals surface area contributed by atoms with E-state index in [2.05, 4.69) is 10.6 Å². The Morgan fingerprint density at radius 2 is 1.33 bits per heavy atom. The molecule has 18 heavy (non-hydrogen) atoms. The fraction of sp³-hybridized carbons (Fsp3) is 0.750. The molecular weight excluding hydrogens is 236 g/mol. The van der Waals surface area contributed by atoms with E-state index in [1.807, 2.05) is 13.8 Å². The molecule has 0 aliphatic rings. The second kappa shape index (κ2) is 7.68. The van der Waals surface area contributed by atoms with Gasteiger partial charge in [-0.1, -0.05) is 20.8 Å². The van der Waals surface area contributed by atoms with Crippen molar-refractivity contribution in [1.82, 2.24) is 10.6 Å². The Kier molecular flexibility index (Phi) is 7.00. The van der Waals surface area contributed by atoms with Gasteiger partial charge < -0.3 is 15.7 Å². The minimum Gasteiger partial charge on any atom is -0.478 e. The molecule has 6 nitrogen and oxygen atoms in total. The van der Waals surface area contributed by atoms with Crippen LogP contribution in [0.25, 0.3) is 0 Å². The topological polar surface area (TPSA) is 95.5 Å². The monoisotopic (exact) mass is 258 g/mol. The summed E-state index contributed by atoms with van der Waals surface area (Å²) >= 11 is 0. The molecule has 3 N–H and O–H groups in total. The van der Waals surface area contributed by atoms with Crippen LogP contribution in [0.1, 0.15) is 52.9 Å². The highest BCUT2D eigenvalue weighted by molar-refractivity contribution is 5.91. The van der Waals surface area contributed by atoms with Gasteiger partial charge >= 0.3 is 5.97 Å². The molecule has 0 aliphatic carbocycles. The van der Waals surface area contributed by atoms with Gasteiger partial charge in [0.1, 0.15) is 0 Å². The van der Waals surface area contributed by atoms with Gasteiger partial charge in [-0.3, -0.25) is 9.59 Å². The first-order valence-corrected chi connectivity index (χ1v) is 6.27. The number of amides is 2. The Morgan fingerprint density at radius 1 is 0.944 bits per heavy atom. The summed E-state index contributed by atoms with van der Waals surface area (Å²) in [5.41, 5.74) is -1.70. The van der Waals surface area contributed by atoms with Crippen LogP contribution in [0.3, 0.4) is 0 Å². The lowest BCUT2D eigenvalue weighted by atomic mass is 10.1. The number of nitrogens with one attached hydrogen (secondary N) is 2. The molecule has 0 bridgehead atoms. The van der Waals surface area contributed by atoms with E-state index in [1.165, 1.54) is 0 Å². The predicted molar refractivity (Wildman–Crippen MR) is 66.8 cm³/mol. The molecular formula is C12H22N2O4. The lowest BCUT2D eigenvalue weighted by Gasteiger charge is -2.30. The normalized spacial score (nSPS) is 10.8. The molecule has 0 fully saturated rings. The molecule has 0 spiro atoms. The zero-order valence-corrected chi connectivity index (χ0v) is 11.2. The quantitative estimate of drug-likeness (QED) is 0.566. The summed E-state index contributed by atoms with van der Waals surface area (Å²) in [5.74, 6) is -2.00. The van der Waals surface area contributed by atoms with E-state index in [0.29, 0.717) is 12.8 Å². The first kappa shape index (κ1) is 16.4. The molecule has 0 aromatic rings. The maximum absolute atomic E-state index is 11.5. The lowest BCUT2D eigenvalue weighted by molar-refractivity contribution is -0.152. The molecule has 0 unspecified atom stereocenters. The zero-order valence-electron chi connectivity index (χ0n) is 11.2. The minimum absolute atomic E-state index is 0.0905. The van der Waals surface area contributed by atoms with Crippen molar-refractivity contribution >= 4 is 17.8 Å². The Hall–Kier alpha value is -1.59. The fourth-order valence-corrected chi connectivity index (χ4v) is 1.52. The van der Waals surface area contributed by atoms with Crippen LogP contribution in [0.2, 0.25) is 0 Å². The summed E-state index contributed by atoms with van der Waals surface area (Å²) in [7, 11) is 0. The molecule has 0 aromatic carbocycles. The van der Waals surface area contributed by atoms with Crippen molar-refractivity contribution in [3.8, 4) is 0 Å². The number of rotatable bonds is 8. The molecule has 0 aliphatic heterocycles. The van der Waals surface area contributed by atoms with E-state index in [-0.39, 0.29) is 31.1 Å². The smallest absolute Gasteiger partial charge is 0.350 e.